The largest absolute Gasteiger partial charge is 0.450 e. The molecule has 0 spiro atoms. The van der Waals surface area contributed by atoms with E-state index in [-0.39, 0.29) is 12.0 Å². The molecule has 1 heterocycles. The van der Waals surface area contributed by atoms with Crippen molar-refractivity contribution in [2.75, 3.05) is 32.8 Å². The molecule has 1 aliphatic heterocycles. The monoisotopic (exact) mass is 332 g/mol. The molecular formula is C19H28N2O3. The number of nitrogens with zero attached hydrogens (tertiary/aromatic N) is 2. The van der Waals surface area contributed by atoms with E-state index in [0.29, 0.717) is 39.2 Å². The number of aryl methyl sites for hydroxylation is 2. The van der Waals surface area contributed by atoms with Gasteiger partial charge in [0.2, 0.25) is 5.91 Å². The lowest BCUT2D eigenvalue weighted by atomic mass is 9.92. The summed E-state index contributed by atoms with van der Waals surface area (Å²) < 4.78 is 5.01. The Kier molecular flexibility index (Phi) is 5.86. The summed E-state index contributed by atoms with van der Waals surface area (Å²) >= 11 is 0. The van der Waals surface area contributed by atoms with E-state index in [4.69, 9.17) is 4.74 Å². The van der Waals surface area contributed by atoms with Crippen LogP contribution < -0.4 is 0 Å². The fourth-order valence-corrected chi connectivity index (χ4v) is 3.18. The van der Waals surface area contributed by atoms with Crippen LogP contribution in [0.5, 0.6) is 0 Å². The first-order chi connectivity index (χ1) is 11.3. The predicted molar refractivity (Wildman–Crippen MR) is 94.3 cm³/mol. The number of carbonyl (C=O) groups excluding carboxylic acids is 2. The van der Waals surface area contributed by atoms with Crippen LogP contribution in [0.15, 0.2) is 6.07 Å². The molecule has 2 rings (SSSR count). The minimum atomic E-state index is -0.286. The van der Waals surface area contributed by atoms with Gasteiger partial charge in [0.1, 0.15) is 0 Å². The number of hydrogen-bond donors (Lipinski definition) is 0. The molecule has 1 fully saturated rings. The SMILES string of the molecule is CCOC(=O)N1CCN(C(=O)Cc2c(C)c(C)cc(C)c2C)CC1. The topological polar surface area (TPSA) is 49.9 Å². The van der Waals surface area contributed by atoms with Crippen LogP contribution in [0.25, 0.3) is 0 Å². The quantitative estimate of drug-likeness (QED) is 0.855. The highest BCUT2D eigenvalue weighted by atomic mass is 16.6. The molecule has 0 bridgehead atoms. The van der Waals surface area contributed by atoms with Crippen LogP contribution in [-0.2, 0) is 16.0 Å². The molecule has 0 N–H and O–H groups in total. The van der Waals surface area contributed by atoms with Gasteiger partial charge in [-0.2, -0.15) is 0 Å². The minimum Gasteiger partial charge on any atom is -0.450 e. The van der Waals surface area contributed by atoms with Gasteiger partial charge < -0.3 is 14.5 Å². The van der Waals surface area contributed by atoms with E-state index in [1.165, 1.54) is 22.3 Å². The van der Waals surface area contributed by atoms with Gasteiger partial charge in [-0.05, 0) is 62.4 Å². The second kappa shape index (κ2) is 7.69. The summed E-state index contributed by atoms with van der Waals surface area (Å²) in [6, 6.07) is 2.18. The zero-order chi connectivity index (χ0) is 17.9. The van der Waals surface area contributed by atoms with Gasteiger partial charge in [-0.1, -0.05) is 6.07 Å². The molecule has 0 aromatic heterocycles. The fourth-order valence-electron chi connectivity index (χ4n) is 3.18. The smallest absolute Gasteiger partial charge is 0.409 e. The predicted octanol–water partition coefficient (Wildman–Crippen LogP) is 2.76. The summed E-state index contributed by atoms with van der Waals surface area (Å²) in [6.45, 7) is 12.7. The van der Waals surface area contributed by atoms with Gasteiger partial charge in [-0.3, -0.25) is 4.79 Å². The van der Waals surface area contributed by atoms with Crippen LogP contribution in [0.2, 0.25) is 0 Å². The van der Waals surface area contributed by atoms with E-state index < -0.39 is 0 Å². The molecule has 0 saturated carbocycles. The number of hydrogen-bond acceptors (Lipinski definition) is 3. The Morgan fingerprint density at radius 3 is 1.96 bits per heavy atom. The molecule has 5 heteroatoms. The van der Waals surface area contributed by atoms with Crippen molar-refractivity contribution in [2.24, 2.45) is 0 Å². The Bertz CT molecular complexity index is 606. The molecule has 132 valence electrons. The molecule has 1 aromatic rings. The van der Waals surface area contributed by atoms with Crippen LogP contribution in [-0.4, -0.2) is 54.6 Å². The lowest BCUT2D eigenvalue weighted by Crippen LogP contribution is -2.51. The average molecular weight is 332 g/mol. The summed E-state index contributed by atoms with van der Waals surface area (Å²) in [5, 5.41) is 0. The molecule has 24 heavy (non-hydrogen) atoms. The number of ether oxygens (including phenoxy) is 1. The third-order valence-corrected chi connectivity index (χ3v) is 5.01. The van der Waals surface area contributed by atoms with E-state index >= 15 is 0 Å². The lowest BCUT2D eigenvalue weighted by molar-refractivity contribution is -0.132. The molecule has 1 saturated heterocycles. The number of amides is 2. The number of benzene rings is 1. The van der Waals surface area contributed by atoms with Gasteiger partial charge in [-0.25, -0.2) is 4.79 Å². The Balaban J connectivity index is 2.01. The molecule has 1 aliphatic rings. The number of carbonyl (C=O) groups is 2. The molecule has 0 unspecified atom stereocenters. The standard InChI is InChI=1S/C19H28N2O3/c1-6-24-19(23)21-9-7-20(8-10-21)18(22)12-17-15(4)13(2)11-14(3)16(17)5/h11H,6-10,12H2,1-5H3. The number of rotatable bonds is 3. The second-order valence-electron chi connectivity index (χ2n) is 6.48. The normalized spacial score (nSPS) is 14.7. The zero-order valence-electron chi connectivity index (χ0n) is 15.4. The Morgan fingerprint density at radius 2 is 1.46 bits per heavy atom. The highest BCUT2D eigenvalue weighted by Crippen LogP contribution is 2.23. The third kappa shape index (κ3) is 3.89. The maximum atomic E-state index is 12.7. The van der Waals surface area contributed by atoms with Gasteiger partial charge >= 0.3 is 6.09 Å². The van der Waals surface area contributed by atoms with Gasteiger partial charge in [0.25, 0.3) is 0 Å². The van der Waals surface area contributed by atoms with Crippen LogP contribution in [0.1, 0.15) is 34.7 Å². The molecular weight excluding hydrogens is 304 g/mol. The van der Waals surface area contributed by atoms with E-state index in [9.17, 15) is 9.59 Å². The van der Waals surface area contributed by atoms with Crippen LogP contribution in [0, 0.1) is 27.7 Å². The Morgan fingerprint density at radius 1 is 0.958 bits per heavy atom. The lowest BCUT2D eigenvalue weighted by Gasteiger charge is -2.34. The van der Waals surface area contributed by atoms with E-state index in [1.54, 1.807) is 11.8 Å². The summed E-state index contributed by atoms with van der Waals surface area (Å²) in [6.07, 6.45) is 0.144. The summed E-state index contributed by atoms with van der Waals surface area (Å²) in [4.78, 5) is 27.9. The molecule has 0 aliphatic carbocycles. The second-order valence-corrected chi connectivity index (χ2v) is 6.48. The van der Waals surface area contributed by atoms with Gasteiger partial charge in [0, 0.05) is 26.2 Å². The minimum absolute atomic E-state index is 0.134. The maximum Gasteiger partial charge on any atom is 0.409 e. The van der Waals surface area contributed by atoms with Gasteiger partial charge in [0.05, 0.1) is 13.0 Å². The highest BCUT2D eigenvalue weighted by Gasteiger charge is 2.25. The Labute approximate surface area is 144 Å². The van der Waals surface area contributed by atoms with Crippen molar-refractivity contribution in [3.63, 3.8) is 0 Å². The fraction of sp³-hybridized carbons (Fsp3) is 0.579. The highest BCUT2D eigenvalue weighted by molar-refractivity contribution is 5.80. The third-order valence-electron chi connectivity index (χ3n) is 5.01. The molecule has 1 aromatic carbocycles. The van der Waals surface area contributed by atoms with Gasteiger partial charge in [-0.15, -0.1) is 0 Å². The number of piperazine rings is 1. The van der Waals surface area contributed by atoms with Crippen molar-refractivity contribution in [2.45, 2.75) is 41.0 Å². The maximum absolute atomic E-state index is 12.7. The van der Waals surface area contributed by atoms with E-state index in [1.807, 2.05) is 4.90 Å². The van der Waals surface area contributed by atoms with Crippen molar-refractivity contribution < 1.29 is 14.3 Å². The van der Waals surface area contributed by atoms with Crippen molar-refractivity contribution in [3.05, 3.63) is 33.9 Å². The average Bonchev–Trinajstić information content (AvgIpc) is 2.57. The molecule has 5 nitrogen and oxygen atoms in total. The first-order valence-corrected chi connectivity index (χ1v) is 8.60. The first-order valence-electron chi connectivity index (χ1n) is 8.60. The van der Waals surface area contributed by atoms with Crippen molar-refractivity contribution in [3.8, 4) is 0 Å². The van der Waals surface area contributed by atoms with Crippen LogP contribution in [0.3, 0.4) is 0 Å². The summed E-state index contributed by atoms with van der Waals surface area (Å²) in [7, 11) is 0. The zero-order valence-corrected chi connectivity index (χ0v) is 15.4. The Hall–Kier alpha value is -2.04. The molecule has 0 atom stereocenters. The van der Waals surface area contributed by atoms with Crippen LogP contribution in [0.4, 0.5) is 4.79 Å². The van der Waals surface area contributed by atoms with Crippen molar-refractivity contribution in [1.82, 2.24) is 9.80 Å². The van der Waals surface area contributed by atoms with Crippen molar-refractivity contribution >= 4 is 12.0 Å². The summed E-state index contributed by atoms with van der Waals surface area (Å²) in [5.41, 5.74) is 6.01. The van der Waals surface area contributed by atoms with E-state index in [2.05, 4.69) is 33.8 Å². The molecule has 2 amide bonds. The molecule has 0 radical (unpaired) electrons. The van der Waals surface area contributed by atoms with Gasteiger partial charge in [0.15, 0.2) is 0 Å². The van der Waals surface area contributed by atoms with Crippen molar-refractivity contribution in [1.29, 1.82) is 0 Å². The van der Waals surface area contributed by atoms with E-state index in [0.717, 1.165) is 5.56 Å². The van der Waals surface area contributed by atoms with Crippen LogP contribution >= 0.6 is 0 Å². The summed E-state index contributed by atoms with van der Waals surface area (Å²) in [5.74, 6) is 0.134. The first kappa shape index (κ1) is 18.3.